The Labute approximate surface area is 397 Å². The number of fused-ring (bicyclic) bond motifs is 5. The van der Waals surface area contributed by atoms with Gasteiger partial charge in [-0.3, -0.25) is 24.0 Å². The highest BCUT2D eigenvalue weighted by molar-refractivity contribution is 6.00. The summed E-state index contributed by atoms with van der Waals surface area (Å²) in [5, 5.41) is 20.0. The fraction of sp³-hybridized carbons (Fsp3) is 0.440. The summed E-state index contributed by atoms with van der Waals surface area (Å²) >= 11 is 0. The lowest BCUT2D eigenvalue weighted by Crippen LogP contribution is -2.56. The van der Waals surface area contributed by atoms with Gasteiger partial charge in [0.15, 0.2) is 5.82 Å². The van der Waals surface area contributed by atoms with E-state index < -0.39 is 53.7 Å². The van der Waals surface area contributed by atoms with E-state index in [1.165, 1.54) is 37.3 Å². The van der Waals surface area contributed by atoms with Crippen LogP contribution in [0.1, 0.15) is 90.4 Å². The number of hydrogen-bond donors (Lipinski definition) is 7. The molecular weight excluding hydrogens is 867 g/mol. The van der Waals surface area contributed by atoms with Crippen LogP contribution < -0.4 is 47.9 Å². The molecular formula is C50H63N11O7. The number of rotatable bonds is 18. The number of nitrogens with one attached hydrogen (secondary N) is 4. The Morgan fingerprint density at radius 3 is 2.12 bits per heavy atom. The van der Waals surface area contributed by atoms with Crippen LogP contribution >= 0.6 is 0 Å². The zero-order valence-corrected chi connectivity index (χ0v) is 39.4. The van der Waals surface area contributed by atoms with Gasteiger partial charge in [0.1, 0.15) is 55.4 Å². The van der Waals surface area contributed by atoms with Gasteiger partial charge in [-0.25, -0.2) is 9.97 Å². The summed E-state index contributed by atoms with van der Waals surface area (Å²) < 4.78 is 12.2. The van der Waals surface area contributed by atoms with Crippen LogP contribution in [0.25, 0.3) is 22.5 Å². The number of aromatic nitrogens is 2. The second-order valence-electron chi connectivity index (χ2n) is 17.4. The fourth-order valence-electron chi connectivity index (χ4n) is 8.82. The Morgan fingerprint density at radius 2 is 1.53 bits per heavy atom. The van der Waals surface area contributed by atoms with E-state index in [0.717, 1.165) is 18.4 Å². The monoisotopic (exact) mass is 929 g/mol. The van der Waals surface area contributed by atoms with Gasteiger partial charge in [-0.05, 0) is 99.4 Å². The molecule has 1 aromatic heterocycles. The molecule has 0 spiro atoms. The second-order valence-corrected chi connectivity index (χ2v) is 17.4. The van der Waals surface area contributed by atoms with E-state index in [0.29, 0.717) is 51.0 Å². The SMILES string of the molecule is CCCC1(c2ccc(-c3nc(C)c(C(=O)NC(CCN)C(=O)N(C)C4C(=O)NC(C)C(=O)NC(C(=O)NCC#N)Cc5ccc(OCCN)c(c5)-c5cc4ccc5OCCN)c(C)n3)cc2)CC1. The molecule has 1 aliphatic heterocycles. The maximum Gasteiger partial charge on any atom is 0.255 e. The number of nitrogens with zero attached hydrogens (tertiary/aromatic N) is 4. The van der Waals surface area contributed by atoms with Gasteiger partial charge in [0.2, 0.25) is 23.6 Å². The Morgan fingerprint density at radius 1 is 0.897 bits per heavy atom. The van der Waals surface area contributed by atoms with E-state index in [9.17, 15) is 29.2 Å². The largest absolute Gasteiger partial charge is 0.492 e. The minimum Gasteiger partial charge on any atom is -0.492 e. The highest BCUT2D eigenvalue weighted by atomic mass is 16.5. The minimum absolute atomic E-state index is 0.00343. The van der Waals surface area contributed by atoms with E-state index in [2.05, 4.69) is 40.3 Å². The smallest absolute Gasteiger partial charge is 0.255 e. The molecule has 18 nitrogen and oxygen atoms in total. The molecule has 2 heterocycles. The van der Waals surface area contributed by atoms with Gasteiger partial charge in [-0.2, -0.15) is 5.26 Å². The number of carbonyl (C=O) groups excluding carboxylic acids is 5. The van der Waals surface area contributed by atoms with Gasteiger partial charge in [0, 0.05) is 43.2 Å². The number of amides is 5. The molecule has 4 unspecified atom stereocenters. The third kappa shape index (κ3) is 11.6. The lowest BCUT2D eigenvalue weighted by molar-refractivity contribution is -0.141. The van der Waals surface area contributed by atoms with Gasteiger partial charge >= 0.3 is 0 Å². The number of benzene rings is 3. The van der Waals surface area contributed by atoms with Crippen molar-refractivity contribution in [3.63, 3.8) is 0 Å². The molecule has 4 atom stereocenters. The van der Waals surface area contributed by atoms with E-state index >= 15 is 0 Å². The van der Waals surface area contributed by atoms with Crippen LogP contribution in [0.2, 0.25) is 0 Å². The molecule has 18 heteroatoms. The molecule has 4 bridgehead atoms. The summed E-state index contributed by atoms with van der Waals surface area (Å²) in [6.45, 7) is 7.45. The lowest BCUT2D eigenvalue weighted by atomic mass is 9.90. The van der Waals surface area contributed by atoms with Gasteiger partial charge in [0.05, 0.1) is 23.0 Å². The standard InChI is InChI=1S/C50H63N11O7/c1-6-16-50(17-18-50)35-11-8-33(9-12-35)44-56-29(2)42(30(3)57-44)47(64)59-38(15-19-51)49(66)61(5)43-34-10-14-41(68-25-22-54)37(28-34)36-26-32(7-13-40(36)67-24-21-53)27-39(46(63)55-23-20-52)60-45(62)31(4)58-48(43)65/h7-14,26,28,31,38-39,43H,6,15-19,21-25,27,51,53-54H2,1-5H3,(H,55,63)(H,58,65)(H,59,64)(H,60,62). The number of likely N-dealkylation sites (N-methyl/N-ethyl adjacent to an activating group) is 1. The molecule has 360 valence electrons. The molecule has 1 saturated carbocycles. The zero-order valence-electron chi connectivity index (χ0n) is 39.4. The van der Waals surface area contributed by atoms with Gasteiger partial charge < -0.3 is 52.8 Å². The van der Waals surface area contributed by atoms with Crippen molar-refractivity contribution >= 4 is 29.5 Å². The zero-order chi connectivity index (χ0) is 49.1. The van der Waals surface area contributed by atoms with Crippen LogP contribution in [0.4, 0.5) is 0 Å². The summed E-state index contributed by atoms with van der Waals surface area (Å²) in [7, 11) is 1.42. The van der Waals surface area contributed by atoms with Gasteiger partial charge in [0.25, 0.3) is 5.91 Å². The first-order valence-electron chi connectivity index (χ1n) is 23.1. The van der Waals surface area contributed by atoms with Crippen LogP contribution in [0.15, 0.2) is 60.7 Å². The second kappa shape index (κ2) is 22.7. The number of hydrogen-bond acceptors (Lipinski definition) is 13. The normalized spacial score (nSPS) is 17.8. The van der Waals surface area contributed by atoms with Gasteiger partial charge in [-0.15, -0.1) is 0 Å². The third-order valence-electron chi connectivity index (χ3n) is 12.4. The molecule has 0 saturated heterocycles. The van der Waals surface area contributed by atoms with Crippen LogP contribution in [0.5, 0.6) is 11.5 Å². The topological polar surface area (TPSA) is 283 Å². The van der Waals surface area contributed by atoms with E-state index in [1.807, 2.05) is 18.2 Å². The molecule has 5 amide bonds. The third-order valence-corrected chi connectivity index (χ3v) is 12.4. The maximum absolute atomic E-state index is 14.8. The van der Waals surface area contributed by atoms with Crippen molar-refractivity contribution in [2.45, 2.75) is 95.8 Å². The van der Waals surface area contributed by atoms with E-state index in [4.69, 9.17) is 36.6 Å². The predicted octanol–water partition coefficient (Wildman–Crippen LogP) is 2.77. The molecule has 4 aromatic rings. The summed E-state index contributed by atoms with van der Waals surface area (Å²) in [6.07, 6.45) is 4.65. The predicted molar refractivity (Wildman–Crippen MR) is 256 cm³/mol. The Bertz CT molecular complexity index is 2520. The quantitative estimate of drug-likeness (QED) is 0.0708. The molecule has 1 aliphatic carbocycles. The number of carbonyl (C=O) groups is 5. The van der Waals surface area contributed by atoms with Crippen molar-refractivity contribution in [3.05, 3.63) is 94.3 Å². The molecule has 68 heavy (non-hydrogen) atoms. The fourth-order valence-corrected chi connectivity index (χ4v) is 8.82. The highest BCUT2D eigenvalue weighted by Crippen LogP contribution is 2.52. The van der Waals surface area contributed by atoms with Crippen LogP contribution in [-0.2, 0) is 31.0 Å². The molecule has 2 aliphatic rings. The van der Waals surface area contributed by atoms with Crippen LogP contribution in [0, 0.1) is 25.2 Å². The average Bonchev–Trinajstić information content (AvgIpc) is 4.11. The van der Waals surface area contributed by atoms with Crippen molar-refractivity contribution in [2.24, 2.45) is 17.2 Å². The lowest BCUT2D eigenvalue weighted by Gasteiger charge is -2.32. The van der Waals surface area contributed by atoms with Crippen molar-refractivity contribution in [1.29, 1.82) is 5.26 Å². The first-order valence-corrected chi connectivity index (χ1v) is 23.1. The van der Waals surface area contributed by atoms with Crippen LogP contribution in [-0.4, -0.2) is 109 Å². The minimum atomic E-state index is -1.40. The number of nitriles is 1. The molecule has 10 N–H and O–H groups in total. The molecule has 3 aromatic carbocycles. The highest BCUT2D eigenvalue weighted by Gasteiger charge is 2.43. The molecule has 0 radical (unpaired) electrons. The van der Waals surface area contributed by atoms with E-state index in [1.54, 1.807) is 50.2 Å². The summed E-state index contributed by atoms with van der Waals surface area (Å²) in [4.78, 5) is 81.3. The Kier molecular flexibility index (Phi) is 16.9. The number of ether oxygens (including phenoxy) is 2. The number of nitrogens with two attached hydrogens (primary N) is 3. The summed E-state index contributed by atoms with van der Waals surface area (Å²) in [6, 6.07) is 15.4. The first-order chi connectivity index (χ1) is 32.7. The molecule has 6 rings (SSSR count). The Balaban J connectivity index is 1.36. The Hall–Kier alpha value is -6.94. The number of aryl methyl sites for hydroxylation is 2. The van der Waals surface area contributed by atoms with Crippen molar-refractivity contribution < 1.29 is 33.4 Å². The average molecular weight is 930 g/mol. The summed E-state index contributed by atoms with van der Waals surface area (Å²) in [5.74, 6) is -2.07. The molecule has 1 fully saturated rings. The van der Waals surface area contributed by atoms with Crippen LogP contribution in [0.3, 0.4) is 0 Å². The first kappa shape index (κ1) is 50.5. The van der Waals surface area contributed by atoms with Crippen molar-refractivity contribution in [3.8, 4) is 40.1 Å². The van der Waals surface area contributed by atoms with E-state index in [-0.39, 0.29) is 63.2 Å². The van der Waals surface area contributed by atoms with Gasteiger partial charge in [-0.1, -0.05) is 49.7 Å². The summed E-state index contributed by atoms with van der Waals surface area (Å²) in [5.41, 5.74) is 23.0. The maximum atomic E-state index is 14.8. The van der Waals surface area contributed by atoms with Crippen molar-refractivity contribution in [1.82, 2.24) is 36.1 Å². The van der Waals surface area contributed by atoms with Crippen molar-refractivity contribution in [2.75, 3.05) is 46.4 Å².